The molecule has 0 aliphatic carbocycles. The van der Waals surface area contributed by atoms with Crippen LogP contribution in [0.15, 0.2) is 24.5 Å². The number of nitrogens with zero attached hydrogens (tertiary/aromatic N) is 3. The van der Waals surface area contributed by atoms with Crippen molar-refractivity contribution in [2.45, 2.75) is 20.4 Å². The van der Waals surface area contributed by atoms with E-state index < -0.39 is 11.7 Å². The molecule has 9 heteroatoms. The van der Waals surface area contributed by atoms with E-state index in [0.717, 1.165) is 6.54 Å². The zero-order valence-corrected chi connectivity index (χ0v) is 15.1. The molecule has 7 nitrogen and oxygen atoms in total. The van der Waals surface area contributed by atoms with Crippen molar-refractivity contribution >= 4 is 34.4 Å². The number of fused-ring (bicyclic) bond motifs is 1. The fourth-order valence-corrected chi connectivity index (χ4v) is 2.55. The summed E-state index contributed by atoms with van der Waals surface area (Å²) in [4.78, 5) is 20.7. The summed E-state index contributed by atoms with van der Waals surface area (Å²) in [5, 5.41) is 12.9. The van der Waals surface area contributed by atoms with Gasteiger partial charge in [0.15, 0.2) is 11.5 Å². The Morgan fingerprint density at radius 3 is 2.88 bits per heavy atom. The lowest BCUT2D eigenvalue weighted by atomic mass is 10.2. The van der Waals surface area contributed by atoms with E-state index in [2.05, 4.69) is 44.6 Å². The van der Waals surface area contributed by atoms with Crippen molar-refractivity contribution < 1.29 is 9.18 Å². The Morgan fingerprint density at radius 1 is 1.35 bits per heavy atom. The first-order valence-corrected chi connectivity index (χ1v) is 8.48. The Kier molecular flexibility index (Phi) is 5.32. The number of hydrogen-bond acceptors (Lipinski definition) is 5. The Hall–Kier alpha value is -2.74. The van der Waals surface area contributed by atoms with Crippen molar-refractivity contribution in [3.63, 3.8) is 0 Å². The zero-order chi connectivity index (χ0) is 18.7. The molecule has 0 atom stereocenters. The molecule has 0 bridgehead atoms. The third-order valence-electron chi connectivity index (χ3n) is 3.68. The van der Waals surface area contributed by atoms with Crippen LogP contribution in [0, 0.1) is 11.7 Å². The van der Waals surface area contributed by atoms with Crippen LogP contribution in [0.3, 0.4) is 0 Å². The molecule has 26 heavy (non-hydrogen) atoms. The third kappa shape index (κ3) is 3.91. The standard InChI is InChI=1S/C17H18ClFN6O/c1-9(2)6-20-16-14-13(24-25-16)15(23-8-22-14)17(26)21-7-10-3-4-12(19)11(18)5-10/h3-5,8-9H,6-7H2,1-2H3,(H,21,26)(H2,20,24,25). The van der Waals surface area contributed by atoms with Gasteiger partial charge >= 0.3 is 0 Å². The molecule has 2 aromatic heterocycles. The second kappa shape index (κ2) is 7.65. The molecule has 136 valence electrons. The van der Waals surface area contributed by atoms with Gasteiger partial charge in [-0.05, 0) is 23.6 Å². The maximum absolute atomic E-state index is 13.2. The third-order valence-corrected chi connectivity index (χ3v) is 3.97. The molecule has 2 heterocycles. The van der Waals surface area contributed by atoms with Gasteiger partial charge in [0.2, 0.25) is 0 Å². The molecule has 0 saturated carbocycles. The van der Waals surface area contributed by atoms with Crippen LogP contribution in [0.1, 0.15) is 29.9 Å². The van der Waals surface area contributed by atoms with E-state index in [-0.39, 0.29) is 17.3 Å². The summed E-state index contributed by atoms with van der Waals surface area (Å²) in [6.07, 6.45) is 1.32. The summed E-state index contributed by atoms with van der Waals surface area (Å²) < 4.78 is 13.2. The van der Waals surface area contributed by atoms with Crippen LogP contribution in [0.4, 0.5) is 10.2 Å². The fourth-order valence-electron chi connectivity index (χ4n) is 2.35. The molecule has 3 rings (SSSR count). The number of benzene rings is 1. The molecule has 3 aromatic rings. The van der Waals surface area contributed by atoms with Crippen molar-refractivity contribution in [1.82, 2.24) is 25.5 Å². The summed E-state index contributed by atoms with van der Waals surface area (Å²) >= 11 is 5.75. The van der Waals surface area contributed by atoms with E-state index in [1.807, 2.05) is 0 Å². The predicted octanol–water partition coefficient (Wildman–Crippen LogP) is 3.14. The highest BCUT2D eigenvalue weighted by molar-refractivity contribution is 6.30. The summed E-state index contributed by atoms with van der Waals surface area (Å²) in [7, 11) is 0. The smallest absolute Gasteiger partial charge is 0.272 e. The maximum atomic E-state index is 13.2. The molecule has 3 N–H and O–H groups in total. The number of amides is 1. The second-order valence-electron chi connectivity index (χ2n) is 6.22. The normalized spacial score (nSPS) is 11.1. The Balaban J connectivity index is 1.76. The molecule has 0 aliphatic rings. The van der Waals surface area contributed by atoms with Crippen LogP contribution < -0.4 is 10.6 Å². The van der Waals surface area contributed by atoms with Crippen molar-refractivity contribution in [2.75, 3.05) is 11.9 Å². The van der Waals surface area contributed by atoms with E-state index in [1.165, 1.54) is 18.5 Å². The number of nitrogens with one attached hydrogen (secondary N) is 3. The maximum Gasteiger partial charge on any atom is 0.272 e. The Labute approximate surface area is 154 Å². The summed E-state index contributed by atoms with van der Waals surface area (Å²) in [6, 6.07) is 4.28. The quantitative estimate of drug-likeness (QED) is 0.614. The highest BCUT2D eigenvalue weighted by Gasteiger charge is 2.17. The molecule has 0 unspecified atom stereocenters. The number of H-pyrrole nitrogens is 1. The number of carbonyl (C=O) groups excluding carboxylic acids is 1. The first-order chi connectivity index (χ1) is 12.5. The lowest BCUT2D eigenvalue weighted by molar-refractivity contribution is 0.0947. The number of aromatic nitrogens is 4. The van der Waals surface area contributed by atoms with Gasteiger partial charge in [0.1, 0.15) is 23.2 Å². The summed E-state index contributed by atoms with van der Waals surface area (Å²) in [5.41, 5.74) is 1.87. The van der Waals surface area contributed by atoms with Crippen LogP contribution in [0.25, 0.3) is 11.0 Å². The van der Waals surface area contributed by atoms with Crippen LogP contribution in [-0.4, -0.2) is 32.6 Å². The van der Waals surface area contributed by atoms with Crippen molar-refractivity contribution in [1.29, 1.82) is 0 Å². The van der Waals surface area contributed by atoms with Crippen molar-refractivity contribution in [3.8, 4) is 0 Å². The molecule has 0 aliphatic heterocycles. The van der Waals surface area contributed by atoms with E-state index in [4.69, 9.17) is 11.6 Å². The largest absolute Gasteiger partial charge is 0.367 e. The predicted molar refractivity (Wildman–Crippen MR) is 97.6 cm³/mol. The number of carbonyl (C=O) groups is 1. The first-order valence-electron chi connectivity index (χ1n) is 8.10. The molecule has 0 fully saturated rings. The molecular weight excluding hydrogens is 359 g/mol. The van der Waals surface area contributed by atoms with Gasteiger partial charge in [-0.1, -0.05) is 31.5 Å². The topological polar surface area (TPSA) is 95.6 Å². The SMILES string of the molecule is CC(C)CNc1n[nH]c2c(C(=O)NCc3ccc(F)c(Cl)c3)ncnc12. The monoisotopic (exact) mass is 376 g/mol. The van der Waals surface area contributed by atoms with Gasteiger partial charge < -0.3 is 10.6 Å². The van der Waals surface area contributed by atoms with Crippen molar-refractivity contribution in [2.24, 2.45) is 5.92 Å². The first kappa shape index (κ1) is 18.1. The molecule has 0 radical (unpaired) electrons. The minimum absolute atomic E-state index is 0.00983. The van der Waals surface area contributed by atoms with Crippen LogP contribution in [-0.2, 0) is 6.54 Å². The average Bonchev–Trinajstić information content (AvgIpc) is 3.04. The summed E-state index contributed by atoms with van der Waals surface area (Å²) in [6.45, 7) is 5.09. The number of rotatable bonds is 6. The number of halogens is 2. The highest BCUT2D eigenvalue weighted by Crippen LogP contribution is 2.20. The average molecular weight is 377 g/mol. The van der Waals surface area contributed by atoms with Crippen molar-refractivity contribution in [3.05, 3.63) is 46.6 Å². The molecule has 0 saturated heterocycles. The van der Waals surface area contributed by atoms with Gasteiger partial charge in [0.25, 0.3) is 5.91 Å². The zero-order valence-electron chi connectivity index (χ0n) is 14.3. The lowest BCUT2D eigenvalue weighted by Gasteiger charge is -2.07. The van der Waals surface area contributed by atoms with Gasteiger partial charge in [-0.3, -0.25) is 9.89 Å². The number of anilines is 1. The van der Waals surface area contributed by atoms with Gasteiger partial charge in [0, 0.05) is 13.1 Å². The van der Waals surface area contributed by atoms with Crippen LogP contribution in [0.2, 0.25) is 5.02 Å². The van der Waals surface area contributed by atoms with E-state index in [1.54, 1.807) is 6.07 Å². The van der Waals surface area contributed by atoms with Gasteiger partial charge in [0.05, 0.1) is 5.02 Å². The fraction of sp³-hybridized carbons (Fsp3) is 0.294. The Morgan fingerprint density at radius 2 is 2.15 bits per heavy atom. The van der Waals surface area contributed by atoms with Gasteiger partial charge in [-0.25, -0.2) is 14.4 Å². The summed E-state index contributed by atoms with van der Waals surface area (Å²) in [5.74, 6) is 0.124. The molecular formula is C17H18ClFN6O. The highest BCUT2D eigenvalue weighted by atomic mass is 35.5. The van der Waals surface area contributed by atoms with Gasteiger partial charge in [-0.2, -0.15) is 5.10 Å². The van der Waals surface area contributed by atoms with E-state index >= 15 is 0 Å². The minimum Gasteiger partial charge on any atom is -0.367 e. The lowest BCUT2D eigenvalue weighted by Crippen LogP contribution is -2.24. The molecule has 1 amide bonds. The van der Waals surface area contributed by atoms with Crippen LogP contribution >= 0.6 is 11.6 Å². The van der Waals surface area contributed by atoms with E-state index in [9.17, 15) is 9.18 Å². The van der Waals surface area contributed by atoms with Crippen LogP contribution in [0.5, 0.6) is 0 Å². The minimum atomic E-state index is -0.502. The number of hydrogen-bond donors (Lipinski definition) is 3. The molecule has 0 spiro atoms. The Bertz CT molecular complexity index is 942. The number of aromatic amines is 1. The second-order valence-corrected chi connectivity index (χ2v) is 6.63. The van der Waals surface area contributed by atoms with E-state index in [0.29, 0.717) is 28.3 Å². The van der Waals surface area contributed by atoms with Gasteiger partial charge in [-0.15, -0.1) is 0 Å². The molecule has 1 aromatic carbocycles.